The molecule has 0 saturated carbocycles. The van der Waals surface area contributed by atoms with Crippen molar-refractivity contribution in [3.05, 3.63) is 35.9 Å². The molecule has 6 atom stereocenters. The second kappa shape index (κ2) is 8.63. The van der Waals surface area contributed by atoms with E-state index in [2.05, 4.69) is 27.7 Å². The summed E-state index contributed by atoms with van der Waals surface area (Å²) in [7, 11) is 0. The Labute approximate surface area is 145 Å². The summed E-state index contributed by atoms with van der Waals surface area (Å²) in [5.41, 5.74) is 1.10. The fourth-order valence-electron chi connectivity index (χ4n) is 3.34. The van der Waals surface area contributed by atoms with Crippen molar-refractivity contribution in [2.75, 3.05) is 0 Å². The molecule has 4 heteroatoms. The van der Waals surface area contributed by atoms with Crippen LogP contribution < -0.4 is 0 Å². The van der Waals surface area contributed by atoms with Crippen molar-refractivity contribution >= 4 is 5.97 Å². The summed E-state index contributed by atoms with van der Waals surface area (Å²) in [6.07, 6.45) is 0.205. The van der Waals surface area contributed by atoms with Gasteiger partial charge in [-0.3, -0.25) is 4.79 Å². The van der Waals surface area contributed by atoms with E-state index in [1.807, 2.05) is 30.3 Å². The lowest BCUT2D eigenvalue weighted by atomic mass is 9.78. The third-order valence-electron chi connectivity index (χ3n) is 5.20. The van der Waals surface area contributed by atoms with Crippen molar-refractivity contribution in [3.8, 4) is 0 Å². The van der Waals surface area contributed by atoms with Gasteiger partial charge in [0.2, 0.25) is 6.29 Å². The first-order chi connectivity index (χ1) is 11.4. The Bertz CT molecular complexity index is 516. The van der Waals surface area contributed by atoms with Gasteiger partial charge in [-0.25, -0.2) is 0 Å². The van der Waals surface area contributed by atoms with E-state index in [9.17, 15) is 4.79 Å². The Kier molecular flexibility index (Phi) is 6.81. The topological polar surface area (TPSA) is 44.8 Å². The minimum Gasteiger partial charge on any atom is -0.433 e. The third kappa shape index (κ3) is 4.58. The van der Waals surface area contributed by atoms with E-state index in [0.29, 0.717) is 18.4 Å². The van der Waals surface area contributed by atoms with Crippen molar-refractivity contribution in [2.45, 2.75) is 66.1 Å². The maximum Gasteiger partial charge on any atom is 0.305 e. The van der Waals surface area contributed by atoms with Gasteiger partial charge in [0.05, 0.1) is 12.7 Å². The Hall–Kier alpha value is -1.39. The molecular formula is C20H30O4. The van der Waals surface area contributed by atoms with Gasteiger partial charge in [0, 0.05) is 6.92 Å². The van der Waals surface area contributed by atoms with E-state index in [1.165, 1.54) is 6.92 Å². The first kappa shape index (κ1) is 18.9. The molecule has 0 amide bonds. The van der Waals surface area contributed by atoms with E-state index in [-0.39, 0.29) is 24.1 Å². The van der Waals surface area contributed by atoms with Crippen LogP contribution in [0.15, 0.2) is 30.3 Å². The lowest BCUT2D eigenvalue weighted by Gasteiger charge is -2.45. The summed E-state index contributed by atoms with van der Waals surface area (Å²) >= 11 is 0. The quantitative estimate of drug-likeness (QED) is 0.732. The minimum absolute atomic E-state index is 0.0749. The second-order valence-corrected chi connectivity index (χ2v) is 6.94. The number of carbonyl (C=O) groups is 1. The van der Waals surface area contributed by atoms with Crippen LogP contribution in [-0.4, -0.2) is 24.5 Å². The standard InChI is InChI=1S/C20H30O4/c1-6-13(2)18-14(3)15(4)19(20(24-18)23-16(5)21)22-12-17-10-8-7-9-11-17/h7-11,13-15,18-20H,6,12H2,1-5H3/t13-,14+,15+,18?,19?,20+/m1/s1. The molecule has 1 aliphatic rings. The largest absolute Gasteiger partial charge is 0.433 e. The predicted octanol–water partition coefficient (Wildman–Crippen LogP) is 4.18. The summed E-state index contributed by atoms with van der Waals surface area (Å²) in [4.78, 5) is 11.5. The molecule has 0 spiro atoms. The molecule has 1 aliphatic heterocycles. The van der Waals surface area contributed by atoms with Gasteiger partial charge in [-0.15, -0.1) is 0 Å². The lowest BCUT2D eigenvalue weighted by Crippen LogP contribution is -2.53. The van der Waals surface area contributed by atoms with Crippen molar-refractivity contribution in [1.29, 1.82) is 0 Å². The van der Waals surface area contributed by atoms with Gasteiger partial charge in [-0.2, -0.15) is 0 Å². The van der Waals surface area contributed by atoms with Crippen molar-refractivity contribution in [3.63, 3.8) is 0 Å². The van der Waals surface area contributed by atoms with Crippen LogP contribution in [0.5, 0.6) is 0 Å². The van der Waals surface area contributed by atoms with Crippen LogP contribution in [-0.2, 0) is 25.6 Å². The normalized spacial score (nSPS) is 31.5. The molecule has 24 heavy (non-hydrogen) atoms. The molecular weight excluding hydrogens is 304 g/mol. The molecule has 134 valence electrons. The Morgan fingerprint density at radius 1 is 1.21 bits per heavy atom. The highest BCUT2D eigenvalue weighted by atomic mass is 16.7. The number of benzene rings is 1. The number of carbonyl (C=O) groups excluding carboxylic acids is 1. The first-order valence-electron chi connectivity index (χ1n) is 8.92. The predicted molar refractivity (Wildman–Crippen MR) is 93.2 cm³/mol. The van der Waals surface area contributed by atoms with E-state index in [4.69, 9.17) is 14.2 Å². The molecule has 2 rings (SSSR count). The van der Waals surface area contributed by atoms with Crippen molar-refractivity contribution in [2.24, 2.45) is 17.8 Å². The van der Waals surface area contributed by atoms with E-state index < -0.39 is 6.29 Å². The van der Waals surface area contributed by atoms with Gasteiger partial charge in [0.25, 0.3) is 0 Å². The highest BCUT2D eigenvalue weighted by Gasteiger charge is 2.45. The van der Waals surface area contributed by atoms with Gasteiger partial charge < -0.3 is 14.2 Å². The van der Waals surface area contributed by atoms with Crippen LogP contribution in [0, 0.1) is 17.8 Å². The van der Waals surface area contributed by atoms with Gasteiger partial charge in [-0.1, -0.05) is 64.4 Å². The van der Waals surface area contributed by atoms with Crippen LogP contribution in [0.3, 0.4) is 0 Å². The highest BCUT2D eigenvalue weighted by molar-refractivity contribution is 5.66. The summed E-state index contributed by atoms with van der Waals surface area (Å²) in [6, 6.07) is 10.0. The number of hydrogen-bond donors (Lipinski definition) is 0. The molecule has 1 aromatic rings. The molecule has 0 radical (unpaired) electrons. The van der Waals surface area contributed by atoms with Gasteiger partial charge in [-0.05, 0) is 23.3 Å². The monoisotopic (exact) mass is 334 g/mol. The Morgan fingerprint density at radius 3 is 2.46 bits per heavy atom. The van der Waals surface area contributed by atoms with E-state index >= 15 is 0 Å². The van der Waals surface area contributed by atoms with Gasteiger partial charge >= 0.3 is 5.97 Å². The van der Waals surface area contributed by atoms with Crippen LogP contribution in [0.1, 0.15) is 46.6 Å². The third-order valence-corrected chi connectivity index (χ3v) is 5.20. The minimum atomic E-state index is -0.642. The SMILES string of the molecule is CC[C@@H](C)C1O[C@H](OC(C)=O)C(OCc2ccccc2)[C@@H](C)[C@@H]1C. The Morgan fingerprint density at radius 2 is 1.88 bits per heavy atom. The molecule has 0 aliphatic carbocycles. The zero-order valence-corrected chi connectivity index (χ0v) is 15.4. The molecule has 1 saturated heterocycles. The molecule has 1 aromatic carbocycles. The van der Waals surface area contributed by atoms with Crippen molar-refractivity contribution < 1.29 is 19.0 Å². The number of hydrogen-bond acceptors (Lipinski definition) is 4. The van der Waals surface area contributed by atoms with Crippen LogP contribution in [0.2, 0.25) is 0 Å². The zero-order valence-electron chi connectivity index (χ0n) is 15.4. The first-order valence-corrected chi connectivity index (χ1v) is 8.92. The number of ether oxygens (including phenoxy) is 3. The molecule has 0 N–H and O–H groups in total. The van der Waals surface area contributed by atoms with Crippen LogP contribution in [0.4, 0.5) is 0 Å². The molecule has 0 aromatic heterocycles. The molecule has 0 bridgehead atoms. The maximum absolute atomic E-state index is 11.5. The highest BCUT2D eigenvalue weighted by Crippen LogP contribution is 2.37. The Balaban J connectivity index is 2.12. The van der Waals surface area contributed by atoms with E-state index in [0.717, 1.165) is 12.0 Å². The van der Waals surface area contributed by atoms with E-state index in [1.54, 1.807) is 0 Å². The average molecular weight is 334 g/mol. The van der Waals surface area contributed by atoms with Crippen LogP contribution >= 0.6 is 0 Å². The molecule has 2 unspecified atom stereocenters. The van der Waals surface area contributed by atoms with Crippen LogP contribution in [0.25, 0.3) is 0 Å². The second-order valence-electron chi connectivity index (χ2n) is 6.94. The summed E-state index contributed by atoms with van der Waals surface area (Å²) in [6.45, 7) is 10.6. The zero-order chi connectivity index (χ0) is 17.7. The lowest BCUT2D eigenvalue weighted by molar-refractivity contribution is -0.280. The fraction of sp³-hybridized carbons (Fsp3) is 0.650. The van der Waals surface area contributed by atoms with Gasteiger partial charge in [0.15, 0.2) is 0 Å². The van der Waals surface area contributed by atoms with Gasteiger partial charge in [0.1, 0.15) is 6.10 Å². The summed E-state index contributed by atoms with van der Waals surface area (Å²) in [5.74, 6) is 0.659. The molecule has 1 fully saturated rings. The van der Waals surface area contributed by atoms with Crippen molar-refractivity contribution in [1.82, 2.24) is 0 Å². The summed E-state index contributed by atoms with van der Waals surface area (Å²) < 4.78 is 17.7. The molecule has 4 nitrogen and oxygen atoms in total. The number of rotatable bonds is 6. The smallest absolute Gasteiger partial charge is 0.305 e. The number of esters is 1. The average Bonchev–Trinajstić information content (AvgIpc) is 2.57. The molecule has 1 heterocycles. The summed E-state index contributed by atoms with van der Waals surface area (Å²) in [5, 5.41) is 0. The maximum atomic E-state index is 11.5. The fourth-order valence-corrected chi connectivity index (χ4v) is 3.34.